The van der Waals surface area contributed by atoms with Gasteiger partial charge in [-0.05, 0) is 52.0 Å². The van der Waals surface area contributed by atoms with Crippen molar-refractivity contribution in [3.05, 3.63) is 65.7 Å². The molecule has 2 aromatic rings. The number of carbonyl (C=O) groups excluding carboxylic acids is 1. The first kappa shape index (κ1) is 18.2. The van der Waals surface area contributed by atoms with Crippen molar-refractivity contribution in [1.29, 1.82) is 0 Å². The van der Waals surface area contributed by atoms with Gasteiger partial charge in [-0.3, -0.25) is 4.79 Å². The van der Waals surface area contributed by atoms with Crippen LogP contribution in [0.3, 0.4) is 0 Å². The minimum atomic E-state index is -0.320. The molecule has 0 aliphatic carbocycles. The van der Waals surface area contributed by atoms with Crippen LogP contribution in [0.1, 0.15) is 50.0 Å². The summed E-state index contributed by atoms with van der Waals surface area (Å²) in [5.74, 6) is 0.779. The van der Waals surface area contributed by atoms with Crippen LogP contribution in [0, 0.1) is 0 Å². The van der Waals surface area contributed by atoms with Crippen molar-refractivity contribution in [2.75, 3.05) is 6.61 Å². The van der Waals surface area contributed by atoms with Gasteiger partial charge in [0, 0.05) is 17.5 Å². The van der Waals surface area contributed by atoms with Gasteiger partial charge in [0.05, 0.1) is 12.7 Å². The summed E-state index contributed by atoms with van der Waals surface area (Å²) in [6, 6.07) is 16.6. The SMILES string of the molecule is CC(C)OCCC(C)(C)Oc1ccc(C(=O)c2ccccc2)cc1. The third-order valence-electron chi connectivity index (χ3n) is 3.70. The Hall–Kier alpha value is -2.13. The zero-order valence-corrected chi connectivity index (χ0v) is 14.9. The molecule has 3 nitrogen and oxygen atoms in total. The van der Waals surface area contributed by atoms with Crippen molar-refractivity contribution in [3.8, 4) is 5.75 Å². The van der Waals surface area contributed by atoms with E-state index in [4.69, 9.17) is 9.47 Å². The van der Waals surface area contributed by atoms with Crippen LogP contribution < -0.4 is 4.74 Å². The smallest absolute Gasteiger partial charge is 0.193 e. The van der Waals surface area contributed by atoms with Crippen molar-refractivity contribution in [2.24, 2.45) is 0 Å². The van der Waals surface area contributed by atoms with Gasteiger partial charge in [0.2, 0.25) is 0 Å². The van der Waals surface area contributed by atoms with E-state index in [9.17, 15) is 4.79 Å². The Balaban J connectivity index is 1.98. The number of ether oxygens (including phenoxy) is 2. The molecule has 128 valence electrons. The third kappa shape index (κ3) is 5.50. The molecule has 0 radical (unpaired) electrons. The molecule has 0 atom stereocenters. The summed E-state index contributed by atoms with van der Waals surface area (Å²) < 4.78 is 11.6. The van der Waals surface area contributed by atoms with E-state index >= 15 is 0 Å². The molecule has 0 aromatic heterocycles. The minimum Gasteiger partial charge on any atom is -0.488 e. The predicted octanol–water partition coefficient (Wildman–Crippen LogP) is 4.89. The van der Waals surface area contributed by atoms with E-state index in [0.29, 0.717) is 17.7 Å². The van der Waals surface area contributed by atoms with Crippen LogP contribution in [0.15, 0.2) is 54.6 Å². The minimum absolute atomic E-state index is 0.0201. The molecule has 0 bridgehead atoms. The number of rotatable bonds is 8. The highest BCUT2D eigenvalue weighted by molar-refractivity contribution is 6.08. The highest BCUT2D eigenvalue weighted by atomic mass is 16.5. The molecule has 0 saturated heterocycles. The molecule has 2 aromatic carbocycles. The molecular formula is C21H26O3. The third-order valence-corrected chi connectivity index (χ3v) is 3.70. The van der Waals surface area contributed by atoms with E-state index in [-0.39, 0.29) is 17.5 Å². The lowest BCUT2D eigenvalue weighted by Gasteiger charge is -2.27. The zero-order valence-electron chi connectivity index (χ0n) is 14.9. The first-order valence-corrected chi connectivity index (χ1v) is 8.38. The second-order valence-electron chi connectivity index (χ2n) is 6.75. The predicted molar refractivity (Wildman–Crippen MR) is 96.7 cm³/mol. The number of benzene rings is 2. The summed E-state index contributed by atoms with van der Waals surface area (Å²) in [5.41, 5.74) is 1.03. The number of hydrogen-bond acceptors (Lipinski definition) is 3. The quantitative estimate of drug-likeness (QED) is 0.648. The Labute approximate surface area is 144 Å². The zero-order chi connectivity index (χ0) is 17.6. The van der Waals surface area contributed by atoms with Crippen molar-refractivity contribution in [3.63, 3.8) is 0 Å². The largest absolute Gasteiger partial charge is 0.488 e. The van der Waals surface area contributed by atoms with Crippen molar-refractivity contribution < 1.29 is 14.3 Å². The summed E-state index contributed by atoms with van der Waals surface area (Å²) in [4.78, 5) is 12.4. The molecular weight excluding hydrogens is 300 g/mol. The fourth-order valence-corrected chi connectivity index (χ4v) is 2.34. The Bertz CT molecular complexity index is 643. The molecule has 0 heterocycles. The van der Waals surface area contributed by atoms with Crippen LogP contribution in [0.5, 0.6) is 5.75 Å². The van der Waals surface area contributed by atoms with Gasteiger partial charge in [-0.2, -0.15) is 0 Å². The van der Waals surface area contributed by atoms with Crippen LogP contribution in [-0.4, -0.2) is 24.1 Å². The van der Waals surface area contributed by atoms with E-state index in [1.54, 1.807) is 0 Å². The molecule has 0 N–H and O–H groups in total. The van der Waals surface area contributed by atoms with E-state index in [0.717, 1.165) is 12.2 Å². The molecule has 0 aliphatic heterocycles. The second-order valence-corrected chi connectivity index (χ2v) is 6.75. The highest BCUT2D eigenvalue weighted by Gasteiger charge is 2.20. The topological polar surface area (TPSA) is 35.5 Å². The maximum absolute atomic E-state index is 12.4. The first-order chi connectivity index (χ1) is 11.4. The number of hydrogen-bond donors (Lipinski definition) is 0. The average Bonchev–Trinajstić information content (AvgIpc) is 2.55. The van der Waals surface area contributed by atoms with Gasteiger partial charge < -0.3 is 9.47 Å². The van der Waals surface area contributed by atoms with Crippen LogP contribution >= 0.6 is 0 Å². The molecule has 0 spiro atoms. The molecule has 0 saturated carbocycles. The molecule has 2 rings (SSSR count). The van der Waals surface area contributed by atoms with Gasteiger partial charge in [-0.15, -0.1) is 0 Å². The fraction of sp³-hybridized carbons (Fsp3) is 0.381. The summed E-state index contributed by atoms with van der Waals surface area (Å²) in [7, 11) is 0. The van der Waals surface area contributed by atoms with E-state index < -0.39 is 0 Å². The van der Waals surface area contributed by atoms with Gasteiger partial charge in [0.15, 0.2) is 5.78 Å². The second kappa shape index (κ2) is 8.11. The summed E-state index contributed by atoms with van der Waals surface area (Å²) in [6.45, 7) is 8.79. The van der Waals surface area contributed by atoms with Crippen molar-refractivity contribution in [1.82, 2.24) is 0 Å². The van der Waals surface area contributed by atoms with Crippen LogP contribution in [0.2, 0.25) is 0 Å². The molecule has 0 aliphatic rings. The van der Waals surface area contributed by atoms with Crippen molar-refractivity contribution >= 4 is 5.78 Å². The van der Waals surface area contributed by atoms with Crippen LogP contribution in [-0.2, 0) is 4.74 Å². The standard InChI is InChI=1S/C21H26O3/c1-16(2)23-15-14-21(3,4)24-19-12-10-18(11-13-19)20(22)17-8-6-5-7-9-17/h5-13,16H,14-15H2,1-4H3. The first-order valence-electron chi connectivity index (χ1n) is 8.38. The van der Waals surface area contributed by atoms with Gasteiger partial charge in [-0.25, -0.2) is 0 Å². The fourth-order valence-electron chi connectivity index (χ4n) is 2.34. The maximum Gasteiger partial charge on any atom is 0.193 e. The number of ketones is 1. The van der Waals surface area contributed by atoms with E-state index in [2.05, 4.69) is 0 Å². The molecule has 0 amide bonds. The Morgan fingerprint density at radius 2 is 1.54 bits per heavy atom. The van der Waals surface area contributed by atoms with Crippen LogP contribution in [0.4, 0.5) is 0 Å². The lowest BCUT2D eigenvalue weighted by Crippen LogP contribution is -2.30. The molecule has 3 heteroatoms. The molecule has 0 unspecified atom stereocenters. The maximum atomic E-state index is 12.4. The van der Waals surface area contributed by atoms with Crippen LogP contribution in [0.25, 0.3) is 0 Å². The normalized spacial score (nSPS) is 11.5. The monoisotopic (exact) mass is 326 g/mol. The van der Waals surface area contributed by atoms with Gasteiger partial charge in [-0.1, -0.05) is 30.3 Å². The molecule has 24 heavy (non-hydrogen) atoms. The van der Waals surface area contributed by atoms with Gasteiger partial charge >= 0.3 is 0 Å². The molecule has 0 fully saturated rings. The average molecular weight is 326 g/mol. The Morgan fingerprint density at radius 3 is 2.12 bits per heavy atom. The lowest BCUT2D eigenvalue weighted by molar-refractivity contribution is 0.0231. The number of carbonyl (C=O) groups is 1. The Morgan fingerprint density at radius 1 is 0.958 bits per heavy atom. The lowest BCUT2D eigenvalue weighted by atomic mass is 10.0. The van der Waals surface area contributed by atoms with E-state index in [1.807, 2.05) is 82.3 Å². The summed E-state index contributed by atoms with van der Waals surface area (Å²) >= 11 is 0. The van der Waals surface area contributed by atoms with Crippen molar-refractivity contribution in [2.45, 2.75) is 45.8 Å². The summed E-state index contributed by atoms with van der Waals surface area (Å²) in [6.07, 6.45) is 1.03. The van der Waals surface area contributed by atoms with Gasteiger partial charge in [0.1, 0.15) is 11.4 Å². The van der Waals surface area contributed by atoms with Gasteiger partial charge in [0.25, 0.3) is 0 Å². The Kier molecular flexibility index (Phi) is 6.16. The summed E-state index contributed by atoms with van der Waals surface area (Å²) in [5, 5.41) is 0. The van der Waals surface area contributed by atoms with E-state index in [1.165, 1.54) is 0 Å². The highest BCUT2D eigenvalue weighted by Crippen LogP contribution is 2.22.